The van der Waals surface area contributed by atoms with Gasteiger partial charge in [0.25, 0.3) is 17.5 Å². The van der Waals surface area contributed by atoms with Gasteiger partial charge in [0.15, 0.2) is 0 Å². The highest BCUT2D eigenvalue weighted by Gasteiger charge is 2.50. The lowest BCUT2D eigenvalue weighted by molar-refractivity contribution is -0.385. The van der Waals surface area contributed by atoms with Crippen molar-refractivity contribution in [2.45, 2.75) is 25.3 Å². The van der Waals surface area contributed by atoms with Crippen LogP contribution in [0.4, 0.5) is 5.69 Å². The number of carbonyl (C=O) groups is 2. The summed E-state index contributed by atoms with van der Waals surface area (Å²) in [5.74, 6) is -0.598. The highest BCUT2D eigenvalue weighted by atomic mass is 16.6. The summed E-state index contributed by atoms with van der Waals surface area (Å²) in [7, 11) is 3.15. The fraction of sp³-hybridized carbons (Fsp3) is 0.250. The van der Waals surface area contributed by atoms with Crippen LogP contribution in [0, 0.1) is 10.1 Å². The maximum atomic E-state index is 13.5. The van der Waals surface area contributed by atoms with E-state index in [1.54, 1.807) is 19.2 Å². The number of hydrogen-bond acceptors (Lipinski definition) is 4. The second-order valence-electron chi connectivity index (χ2n) is 7.55. The van der Waals surface area contributed by atoms with Crippen molar-refractivity contribution in [3.63, 3.8) is 0 Å². The van der Waals surface area contributed by atoms with Gasteiger partial charge in [0.05, 0.1) is 10.5 Å². The lowest BCUT2D eigenvalue weighted by atomic mass is 9.82. The lowest BCUT2D eigenvalue weighted by Crippen LogP contribution is -2.65. The minimum Gasteiger partial charge on any atom is -0.325 e. The molecular formula is C24H25N3O4. The first-order valence-corrected chi connectivity index (χ1v) is 9.98. The van der Waals surface area contributed by atoms with Crippen molar-refractivity contribution in [1.29, 1.82) is 0 Å². The van der Waals surface area contributed by atoms with E-state index in [4.69, 9.17) is 0 Å². The molecule has 7 nitrogen and oxygen atoms in total. The molecule has 1 unspecified atom stereocenters. The molecule has 1 saturated heterocycles. The van der Waals surface area contributed by atoms with Crippen LogP contribution in [0.3, 0.4) is 0 Å². The molecule has 1 heterocycles. The van der Waals surface area contributed by atoms with E-state index in [0.29, 0.717) is 18.4 Å². The van der Waals surface area contributed by atoms with Gasteiger partial charge in [-0.3, -0.25) is 19.7 Å². The number of benzene rings is 2. The molecular weight excluding hydrogens is 394 g/mol. The molecule has 160 valence electrons. The SMILES string of the molecule is C=Cc1cccc([N+](=O)[O-])c1C=C1C(=O)N(C)C(CC)(Cc2ccccc2)C(=O)N1C. The molecule has 0 aliphatic carbocycles. The average Bonchev–Trinajstić information content (AvgIpc) is 2.78. The number of nitrogens with zero attached hydrogens (tertiary/aromatic N) is 3. The number of hydrogen-bond donors (Lipinski definition) is 0. The first kappa shape index (κ1) is 22.0. The quantitative estimate of drug-likeness (QED) is 0.404. The topological polar surface area (TPSA) is 83.8 Å². The number of carbonyl (C=O) groups excluding carboxylic acids is 2. The minimum atomic E-state index is -1.03. The Bertz CT molecular complexity index is 1080. The first-order valence-electron chi connectivity index (χ1n) is 9.98. The molecule has 0 saturated carbocycles. The highest BCUT2D eigenvalue weighted by molar-refractivity contribution is 6.09. The van der Waals surface area contributed by atoms with Gasteiger partial charge in [0.1, 0.15) is 11.2 Å². The van der Waals surface area contributed by atoms with E-state index in [0.717, 1.165) is 5.56 Å². The number of piperazine rings is 1. The van der Waals surface area contributed by atoms with Crippen LogP contribution in [0.15, 0.2) is 60.8 Å². The van der Waals surface area contributed by atoms with Crippen LogP contribution >= 0.6 is 0 Å². The molecule has 1 atom stereocenters. The number of nitro benzene ring substituents is 1. The molecule has 2 aromatic rings. The van der Waals surface area contributed by atoms with Crippen molar-refractivity contribution in [1.82, 2.24) is 9.80 Å². The van der Waals surface area contributed by atoms with Gasteiger partial charge in [-0.15, -0.1) is 0 Å². The summed E-state index contributed by atoms with van der Waals surface area (Å²) in [6, 6.07) is 14.2. The molecule has 0 bridgehead atoms. The predicted octanol–water partition coefficient (Wildman–Crippen LogP) is 3.90. The standard InChI is InChI=1S/C24H25N3O4/c1-5-18-13-10-14-20(27(30)31)19(18)15-21-22(28)26(4)24(6-2,23(29)25(21)3)16-17-11-8-7-9-12-17/h5,7-15H,1,6,16H2,2-4H3. The van der Waals surface area contributed by atoms with Crippen LogP contribution in [0.5, 0.6) is 0 Å². The fourth-order valence-corrected chi connectivity index (χ4v) is 4.08. The van der Waals surface area contributed by atoms with E-state index < -0.39 is 10.5 Å². The Kier molecular flexibility index (Phi) is 6.06. The van der Waals surface area contributed by atoms with Gasteiger partial charge in [-0.25, -0.2) is 0 Å². The van der Waals surface area contributed by atoms with Crippen molar-refractivity contribution in [3.8, 4) is 0 Å². The van der Waals surface area contributed by atoms with Crippen LogP contribution in [0.2, 0.25) is 0 Å². The molecule has 0 radical (unpaired) electrons. The van der Waals surface area contributed by atoms with E-state index in [2.05, 4.69) is 6.58 Å². The summed E-state index contributed by atoms with van der Waals surface area (Å²) in [6.07, 6.45) is 3.72. The third-order valence-electron chi connectivity index (χ3n) is 5.97. The second-order valence-corrected chi connectivity index (χ2v) is 7.55. The summed E-state index contributed by atoms with van der Waals surface area (Å²) in [5.41, 5.74) is 0.597. The lowest BCUT2D eigenvalue weighted by Gasteiger charge is -2.47. The molecule has 1 aliphatic heterocycles. The second kappa shape index (κ2) is 8.55. The van der Waals surface area contributed by atoms with Crippen molar-refractivity contribution < 1.29 is 14.5 Å². The molecule has 1 fully saturated rings. The average molecular weight is 419 g/mol. The van der Waals surface area contributed by atoms with Crippen molar-refractivity contribution >= 4 is 29.7 Å². The van der Waals surface area contributed by atoms with Gasteiger partial charge >= 0.3 is 0 Å². The monoisotopic (exact) mass is 419 g/mol. The van der Waals surface area contributed by atoms with Gasteiger partial charge < -0.3 is 9.80 Å². The van der Waals surface area contributed by atoms with Gasteiger partial charge in [-0.05, 0) is 23.6 Å². The van der Waals surface area contributed by atoms with E-state index in [-0.39, 0.29) is 28.8 Å². The van der Waals surface area contributed by atoms with E-state index >= 15 is 0 Å². The van der Waals surface area contributed by atoms with Crippen LogP contribution < -0.4 is 0 Å². The van der Waals surface area contributed by atoms with Gasteiger partial charge in [-0.1, -0.05) is 62.0 Å². The number of likely N-dealkylation sites (N-methyl/N-ethyl adjacent to an activating group) is 2. The Hall–Kier alpha value is -3.74. The van der Waals surface area contributed by atoms with Gasteiger partial charge in [0.2, 0.25) is 0 Å². The van der Waals surface area contributed by atoms with E-state index in [1.165, 1.54) is 35.1 Å². The minimum absolute atomic E-state index is 0.0852. The van der Waals surface area contributed by atoms with Crippen LogP contribution in [0.25, 0.3) is 12.2 Å². The Morgan fingerprint density at radius 2 is 1.77 bits per heavy atom. The van der Waals surface area contributed by atoms with Crippen molar-refractivity contribution in [3.05, 3.63) is 87.6 Å². The third kappa shape index (κ3) is 3.74. The van der Waals surface area contributed by atoms with Crippen molar-refractivity contribution in [2.75, 3.05) is 14.1 Å². The molecule has 0 N–H and O–H groups in total. The summed E-state index contributed by atoms with van der Waals surface area (Å²) in [4.78, 5) is 40.8. The predicted molar refractivity (Wildman–Crippen MR) is 120 cm³/mol. The molecule has 3 rings (SSSR count). The number of nitro groups is 1. The van der Waals surface area contributed by atoms with Gasteiger partial charge in [-0.2, -0.15) is 0 Å². The zero-order valence-electron chi connectivity index (χ0n) is 17.9. The number of rotatable bonds is 6. The highest BCUT2D eigenvalue weighted by Crippen LogP contribution is 2.35. The maximum absolute atomic E-state index is 13.5. The Morgan fingerprint density at radius 3 is 2.35 bits per heavy atom. The smallest absolute Gasteiger partial charge is 0.277 e. The Balaban J connectivity index is 2.11. The molecule has 2 amide bonds. The zero-order chi connectivity index (χ0) is 22.8. The maximum Gasteiger partial charge on any atom is 0.277 e. The zero-order valence-corrected chi connectivity index (χ0v) is 17.9. The molecule has 0 aromatic heterocycles. The van der Waals surface area contributed by atoms with E-state index in [1.807, 2.05) is 37.3 Å². The molecule has 0 spiro atoms. The molecule has 2 aromatic carbocycles. The van der Waals surface area contributed by atoms with Crippen LogP contribution in [-0.4, -0.2) is 46.2 Å². The van der Waals surface area contributed by atoms with Gasteiger partial charge in [0, 0.05) is 26.6 Å². The fourth-order valence-electron chi connectivity index (χ4n) is 4.08. The van der Waals surface area contributed by atoms with Crippen LogP contribution in [-0.2, 0) is 16.0 Å². The normalized spacial score (nSPS) is 20.3. The summed E-state index contributed by atoms with van der Waals surface area (Å²) in [5, 5.41) is 11.5. The van der Waals surface area contributed by atoms with Crippen molar-refractivity contribution in [2.24, 2.45) is 0 Å². The first-order chi connectivity index (χ1) is 14.8. The molecule has 7 heteroatoms. The molecule has 1 aliphatic rings. The summed E-state index contributed by atoms with van der Waals surface area (Å²) >= 11 is 0. The third-order valence-corrected chi connectivity index (χ3v) is 5.97. The largest absolute Gasteiger partial charge is 0.325 e. The van der Waals surface area contributed by atoms with E-state index in [9.17, 15) is 19.7 Å². The number of amides is 2. The summed E-state index contributed by atoms with van der Waals surface area (Å²) in [6.45, 7) is 5.59. The molecule has 31 heavy (non-hydrogen) atoms. The Labute approximate surface area is 181 Å². The Morgan fingerprint density at radius 1 is 1.10 bits per heavy atom. The van der Waals surface area contributed by atoms with Crippen LogP contribution in [0.1, 0.15) is 30.0 Å². The summed E-state index contributed by atoms with van der Waals surface area (Å²) < 4.78 is 0.